The van der Waals surface area contributed by atoms with Crippen LogP contribution in [0.15, 0.2) is 36.4 Å². The number of nitrogens with two attached hydrogens (primary N) is 1. The van der Waals surface area contributed by atoms with Gasteiger partial charge in [-0.1, -0.05) is 30.3 Å². The van der Waals surface area contributed by atoms with Crippen LogP contribution in [-0.4, -0.2) is 5.91 Å². The molecule has 0 bridgehead atoms. The molecule has 2 rings (SSSR count). The predicted molar refractivity (Wildman–Crippen MR) is 55.8 cm³/mol. The summed E-state index contributed by atoms with van der Waals surface area (Å²) in [4.78, 5) is 10.6. The molecule has 1 aliphatic rings. The first kappa shape index (κ1) is 9.00. The molecule has 0 heterocycles. The molecule has 0 saturated heterocycles. The SMILES string of the molecule is NC(=O)C=C[C@H]1CCc2ccccc21. The van der Waals surface area contributed by atoms with Gasteiger partial charge in [-0.15, -0.1) is 0 Å². The molecule has 0 spiro atoms. The number of aryl methyl sites for hydroxylation is 1. The van der Waals surface area contributed by atoms with E-state index < -0.39 is 0 Å². The summed E-state index contributed by atoms with van der Waals surface area (Å²) < 4.78 is 0. The smallest absolute Gasteiger partial charge is 0.241 e. The number of rotatable bonds is 2. The van der Waals surface area contributed by atoms with Crippen molar-refractivity contribution < 1.29 is 4.79 Å². The molecular formula is C12H13NO. The van der Waals surface area contributed by atoms with Crippen molar-refractivity contribution in [2.45, 2.75) is 18.8 Å². The lowest BCUT2D eigenvalue weighted by molar-refractivity contribution is -0.113. The Hall–Kier alpha value is -1.57. The number of primary amides is 1. The second-order valence-electron chi connectivity index (χ2n) is 3.61. The summed E-state index contributed by atoms with van der Waals surface area (Å²) >= 11 is 0. The fourth-order valence-corrected chi connectivity index (χ4v) is 2.00. The van der Waals surface area contributed by atoms with Gasteiger partial charge in [0, 0.05) is 5.92 Å². The van der Waals surface area contributed by atoms with E-state index in [-0.39, 0.29) is 5.91 Å². The van der Waals surface area contributed by atoms with Gasteiger partial charge < -0.3 is 5.73 Å². The third kappa shape index (κ3) is 1.69. The highest BCUT2D eigenvalue weighted by atomic mass is 16.1. The molecule has 0 aromatic heterocycles. The van der Waals surface area contributed by atoms with Crippen molar-refractivity contribution in [3.63, 3.8) is 0 Å². The van der Waals surface area contributed by atoms with E-state index in [4.69, 9.17) is 5.73 Å². The maximum Gasteiger partial charge on any atom is 0.241 e. The Morgan fingerprint density at radius 2 is 2.21 bits per heavy atom. The average molecular weight is 187 g/mol. The fourth-order valence-electron chi connectivity index (χ4n) is 2.00. The van der Waals surface area contributed by atoms with Gasteiger partial charge in [-0.3, -0.25) is 4.79 Å². The maximum atomic E-state index is 10.6. The molecule has 0 saturated carbocycles. The molecule has 0 fully saturated rings. The second kappa shape index (κ2) is 3.66. The largest absolute Gasteiger partial charge is 0.366 e. The molecule has 0 aliphatic heterocycles. The zero-order valence-corrected chi connectivity index (χ0v) is 7.94. The zero-order chi connectivity index (χ0) is 9.97. The molecule has 14 heavy (non-hydrogen) atoms. The van der Waals surface area contributed by atoms with Crippen LogP contribution in [0.1, 0.15) is 23.5 Å². The number of amides is 1. The quantitative estimate of drug-likeness (QED) is 0.704. The van der Waals surface area contributed by atoms with Gasteiger partial charge in [-0.2, -0.15) is 0 Å². The highest BCUT2D eigenvalue weighted by Gasteiger charge is 2.18. The second-order valence-corrected chi connectivity index (χ2v) is 3.61. The van der Waals surface area contributed by atoms with Gasteiger partial charge in [0.05, 0.1) is 0 Å². The Bertz CT molecular complexity index is 382. The summed E-state index contributed by atoms with van der Waals surface area (Å²) in [6, 6.07) is 8.36. The number of benzene rings is 1. The van der Waals surface area contributed by atoms with Crippen molar-refractivity contribution in [2.24, 2.45) is 5.73 Å². The van der Waals surface area contributed by atoms with Crippen LogP contribution in [0.3, 0.4) is 0 Å². The Labute approximate surface area is 83.4 Å². The van der Waals surface area contributed by atoms with Crippen molar-refractivity contribution >= 4 is 5.91 Å². The molecule has 1 amide bonds. The van der Waals surface area contributed by atoms with E-state index >= 15 is 0 Å². The molecule has 1 aromatic carbocycles. The third-order valence-electron chi connectivity index (χ3n) is 2.67. The van der Waals surface area contributed by atoms with Crippen molar-refractivity contribution in [1.82, 2.24) is 0 Å². The van der Waals surface area contributed by atoms with E-state index in [1.165, 1.54) is 17.2 Å². The third-order valence-corrected chi connectivity index (χ3v) is 2.67. The number of carbonyl (C=O) groups is 1. The normalized spacial score (nSPS) is 19.9. The average Bonchev–Trinajstić information content (AvgIpc) is 2.58. The number of carbonyl (C=O) groups excluding carboxylic acids is 1. The molecule has 2 heteroatoms. The molecule has 0 unspecified atom stereocenters. The van der Waals surface area contributed by atoms with E-state index in [2.05, 4.69) is 18.2 Å². The summed E-state index contributed by atoms with van der Waals surface area (Å²) in [5.41, 5.74) is 7.80. The Balaban J connectivity index is 2.22. The molecule has 2 nitrogen and oxygen atoms in total. The van der Waals surface area contributed by atoms with Gasteiger partial charge >= 0.3 is 0 Å². The van der Waals surface area contributed by atoms with Crippen molar-refractivity contribution in [1.29, 1.82) is 0 Å². The van der Waals surface area contributed by atoms with Crippen LogP contribution in [0.25, 0.3) is 0 Å². The molecule has 0 radical (unpaired) electrons. The van der Waals surface area contributed by atoms with E-state index in [9.17, 15) is 4.79 Å². The summed E-state index contributed by atoms with van der Waals surface area (Å²) in [6.45, 7) is 0. The topological polar surface area (TPSA) is 43.1 Å². The monoisotopic (exact) mass is 187 g/mol. The van der Waals surface area contributed by atoms with Crippen molar-refractivity contribution in [3.05, 3.63) is 47.5 Å². The molecular weight excluding hydrogens is 174 g/mol. The zero-order valence-electron chi connectivity index (χ0n) is 7.94. The van der Waals surface area contributed by atoms with Crippen molar-refractivity contribution in [2.75, 3.05) is 0 Å². The lowest BCUT2D eigenvalue weighted by Crippen LogP contribution is -2.06. The van der Waals surface area contributed by atoms with Gasteiger partial charge in [0.15, 0.2) is 0 Å². The highest BCUT2D eigenvalue weighted by molar-refractivity contribution is 5.85. The number of allylic oxidation sites excluding steroid dienone is 1. The summed E-state index contributed by atoms with van der Waals surface area (Å²) in [6.07, 6.45) is 5.56. The first-order chi connectivity index (χ1) is 6.77. The Morgan fingerprint density at radius 3 is 3.00 bits per heavy atom. The standard InChI is InChI=1S/C12H13NO/c13-12(14)8-7-10-6-5-9-3-1-2-4-11(9)10/h1-4,7-8,10H,5-6H2,(H2,13,14)/t10-/m1/s1. The van der Waals surface area contributed by atoms with Crippen molar-refractivity contribution in [3.8, 4) is 0 Å². The molecule has 1 aliphatic carbocycles. The Morgan fingerprint density at radius 1 is 1.43 bits per heavy atom. The van der Waals surface area contributed by atoms with Crippen LogP contribution in [0, 0.1) is 0 Å². The van der Waals surface area contributed by atoms with Crippen LogP contribution in [0.2, 0.25) is 0 Å². The minimum absolute atomic E-state index is 0.366. The lowest BCUT2D eigenvalue weighted by Gasteiger charge is -2.04. The van der Waals surface area contributed by atoms with Crippen LogP contribution in [0.4, 0.5) is 0 Å². The fraction of sp³-hybridized carbons (Fsp3) is 0.250. The first-order valence-electron chi connectivity index (χ1n) is 4.83. The molecule has 2 N–H and O–H groups in total. The van der Waals surface area contributed by atoms with Crippen LogP contribution >= 0.6 is 0 Å². The molecule has 1 aromatic rings. The van der Waals surface area contributed by atoms with E-state index in [1.807, 2.05) is 12.1 Å². The van der Waals surface area contributed by atoms with Gasteiger partial charge in [0.2, 0.25) is 5.91 Å². The van der Waals surface area contributed by atoms with Crippen LogP contribution < -0.4 is 5.73 Å². The van der Waals surface area contributed by atoms with E-state index in [1.54, 1.807) is 0 Å². The van der Waals surface area contributed by atoms with Gasteiger partial charge in [-0.25, -0.2) is 0 Å². The molecule has 1 atom stereocenters. The summed E-state index contributed by atoms with van der Waals surface area (Å²) in [5.74, 6) is 0.00748. The lowest BCUT2D eigenvalue weighted by atomic mass is 10.0. The van der Waals surface area contributed by atoms with Crippen LogP contribution in [0.5, 0.6) is 0 Å². The Kier molecular flexibility index (Phi) is 2.35. The predicted octanol–water partition coefficient (Wildman–Crippen LogP) is 1.76. The maximum absolute atomic E-state index is 10.6. The van der Waals surface area contributed by atoms with E-state index in [0.29, 0.717) is 5.92 Å². The first-order valence-corrected chi connectivity index (χ1v) is 4.83. The minimum Gasteiger partial charge on any atom is -0.366 e. The number of hydrogen-bond donors (Lipinski definition) is 1. The van der Waals surface area contributed by atoms with Gasteiger partial charge in [-0.05, 0) is 30.0 Å². The number of fused-ring (bicyclic) bond motifs is 1. The summed E-state index contributed by atoms with van der Waals surface area (Å²) in [7, 11) is 0. The van der Waals surface area contributed by atoms with Crippen LogP contribution in [-0.2, 0) is 11.2 Å². The molecule has 72 valence electrons. The van der Waals surface area contributed by atoms with Gasteiger partial charge in [0.25, 0.3) is 0 Å². The van der Waals surface area contributed by atoms with Gasteiger partial charge in [0.1, 0.15) is 0 Å². The highest BCUT2D eigenvalue weighted by Crippen LogP contribution is 2.33. The van der Waals surface area contributed by atoms with E-state index in [0.717, 1.165) is 12.8 Å². The number of hydrogen-bond acceptors (Lipinski definition) is 1. The summed E-state index contributed by atoms with van der Waals surface area (Å²) in [5, 5.41) is 0. The minimum atomic E-state index is -0.366.